The largest absolute Gasteiger partial charge is 0.418 e. The van der Waals surface area contributed by atoms with Crippen LogP contribution in [0.25, 0.3) is 16.5 Å². The summed E-state index contributed by atoms with van der Waals surface area (Å²) in [5.41, 5.74) is 2.33. The Balaban J connectivity index is 1.44. The maximum Gasteiger partial charge on any atom is 0.273 e. The second kappa shape index (κ2) is 9.05. The van der Waals surface area contributed by atoms with Crippen LogP contribution in [0.4, 0.5) is 0 Å². The van der Waals surface area contributed by atoms with Gasteiger partial charge in [-0.3, -0.25) is 4.79 Å². The van der Waals surface area contributed by atoms with Gasteiger partial charge in [0.1, 0.15) is 5.69 Å². The van der Waals surface area contributed by atoms with Crippen LogP contribution in [0.1, 0.15) is 40.8 Å². The first-order valence-electron chi connectivity index (χ1n) is 10.5. The van der Waals surface area contributed by atoms with Gasteiger partial charge in [-0.1, -0.05) is 24.3 Å². The van der Waals surface area contributed by atoms with Crippen molar-refractivity contribution >= 4 is 17.2 Å². The average Bonchev–Trinajstić information content (AvgIpc) is 3.23. The number of aromatic nitrogens is 4. The minimum absolute atomic E-state index is 0.152. The van der Waals surface area contributed by atoms with Crippen LogP contribution in [-0.2, 0) is 11.3 Å². The zero-order valence-corrected chi connectivity index (χ0v) is 18.5. The third-order valence-electron chi connectivity index (χ3n) is 5.32. The summed E-state index contributed by atoms with van der Waals surface area (Å²) in [6.07, 6.45) is 2.22. The van der Waals surface area contributed by atoms with E-state index in [2.05, 4.69) is 10.2 Å². The summed E-state index contributed by atoms with van der Waals surface area (Å²) in [6.45, 7) is 0.983. The molecule has 3 heterocycles. The molecule has 4 aromatic rings. The van der Waals surface area contributed by atoms with E-state index >= 15 is 0 Å². The SMILES string of the molecule is COCCN(Cc1nnc(-c2cccs2)o1)C(=O)c1cc(C2CC2)nn1-c1ccccc1. The fourth-order valence-corrected chi connectivity index (χ4v) is 4.14. The van der Waals surface area contributed by atoms with E-state index < -0.39 is 0 Å². The molecule has 164 valence electrons. The first-order valence-corrected chi connectivity index (χ1v) is 11.4. The van der Waals surface area contributed by atoms with Crippen LogP contribution in [0.2, 0.25) is 0 Å². The summed E-state index contributed by atoms with van der Waals surface area (Å²) >= 11 is 1.53. The van der Waals surface area contributed by atoms with Crippen LogP contribution in [0.15, 0.2) is 58.3 Å². The number of para-hydroxylation sites is 1. The molecule has 0 spiro atoms. The minimum Gasteiger partial charge on any atom is -0.418 e. The maximum absolute atomic E-state index is 13.7. The van der Waals surface area contributed by atoms with Gasteiger partial charge in [0.05, 0.1) is 29.4 Å². The number of hydrogen-bond donors (Lipinski definition) is 0. The molecule has 1 fully saturated rings. The normalized spacial score (nSPS) is 13.4. The van der Waals surface area contributed by atoms with E-state index in [1.54, 1.807) is 16.7 Å². The van der Waals surface area contributed by atoms with E-state index in [0.29, 0.717) is 36.5 Å². The fourth-order valence-electron chi connectivity index (χ4n) is 3.49. The van der Waals surface area contributed by atoms with Gasteiger partial charge < -0.3 is 14.1 Å². The number of benzene rings is 1. The van der Waals surface area contributed by atoms with Crippen LogP contribution < -0.4 is 0 Å². The smallest absolute Gasteiger partial charge is 0.273 e. The highest BCUT2D eigenvalue weighted by Crippen LogP contribution is 2.40. The van der Waals surface area contributed by atoms with Crippen LogP contribution in [0.3, 0.4) is 0 Å². The highest BCUT2D eigenvalue weighted by Gasteiger charge is 2.30. The lowest BCUT2D eigenvalue weighted by atomic mass is 10.2. The molecule has 0 radical (unpaired) electrons. The molecule has 32 heavy (non-hydrogen) atoms. The molecule has 0 aliphatic heterocycles. The number of thiophene rings is 1. The molecule has 0 bridgehead atoms. The van der Waals surface area contributed by atoms with Crippen molar-refractivity contribution in [2.75, 3.05) is 20.3 Å². The van der Waals surface area contributed by atoms with E-state index in [1.165, 1.54) is 11.3 Å². The van der Waals surface area contributed by atoms with Crippen molar-refractivity contribution in [2.45, 2.75) is 25.3 Å². The molecule has 0 N–H and O–H groups in total. The molecule has 5 rings (SSSR count). The van der Waals surface area contributed by atoms with Gasteiger partial charge in [0, 0.05) is 19.6 Å². The molecule has 1 saturated carbocycles. The lowest BCUT2D eigenvalue weighted by molar-refractivity contribution is 0.0654. The topological polar surface area (TPSA) is 86.3 Å². The molecule has 0 saturated heterocycles. The summed E-state index contributed by atoms with van der Waals surface area (Å²) in [6, 6.07) is 15.5. The monoisotopic (exact) mass is 449 g/mol. The van der Waals surface area contributed by atoms with Gasteiger partial charge >= 0.3 is 0 Å². The Hall–Kier alpha value is -3.30. The molecular weight excluding hydrogens is 426 g/mol. The Kier molecular flexibility index (Phi) is 5.83. The van der Waals surface area contributed by atoms with Crippen LogP contribution >= 0.6 is 11.3 Å². The summed E-state index contributed by atoms with van der Waals surface area (Å²) in [5.74, 6) is 1.12. The van der Waals surface area contributed by atoms with Gasteiger partial charge in [0.25, 0.3) is 11.8 Å². The first kappa shape index (κ1) is 20.6. The van der Waals surface area contributed by atoms with Crippen LogP contribution in [0.5, 0.6) is 0 Å². The van der Waals surface area contributed by atoms with E-state index in [4.69, 9.17) is 14.3 Å². The van der Waals surface area contributed by atoms with Gasteiger partial charge in [-0.2, -0.15) is 5.10 Å². The zero-order chi connectivity index (χ0) is 21.9. The van der Waals surface area contributed by atoms with Crippen molar-refractivity contribution < 1.29 is 13.9 Å². The summed E-state index contributed by atoms with van der Waals surface area (Å²) in [5, 5.41) is 15.0. The molecule has 8 nitrogen and oxygen atoms in total. The third-order valence-corrected chi connectivity index (χ3v) is 6.18. The Labute approximate surface area is 189 Å². The number of amides is 1. The van der Waals surface area contributed by atoms with E-state index in [1.807, 2.05) is 53.9 Å². The van der Waals surface area contributed by atoms with Crippen molar-refractivity contribution in [2.24, 2.45) is 0 Å². The maximum atomic E-state index is 13.7. The molecule has 0 unspecified atom stereocenters. The van der Waals surface area contributed by atoms with E-state index in [0.717, 1.165) is 29.1 Å². The number of nitrogens with zero attached hydrogens (tertiary/aromatic N) is 5. The zero-order valence-electron chi connectivity index (χ0n) is 17.7. The molecule has 0 atom stereocenters. The summed E-state index contributed by atoms with van der Waals surface area (Å²) in [4.78, 5) is 16.2. The molecule has 1 aliphatic carbocycles. The van der Waals surface area contributed by atoms with Crippen molar-refractivity contribution in [3.05, 3.63) is 71.2 Å². The quantitative estimate of drug-likeness (QED) is 0.382. The van der Waals surface area contributed by atoms with Crippen LogP contribution in [0, 0.1) is 0 Å². The molecular formula is C23H23N5O3S. The van der Waals surface area contributed by atoms with Crippen molar-refractivity contribution in [3.63, 3.8) is 0 Å². The third kappa shape index (κ3) is 4.35. The van der Waals surface area contributed by atoms with Crippen molar-refractivity contribution in [3.8, 4) is 16.5 Å². The van der Waals surface area contributed by atoms with Crippen molar-refractivity contribution in [1.82, 2.24) is 24.9 Å². The van der Waals surface area contributed by atoms with Crippen LogP contribution in [-0.4, -0.2) is 51.0 Å². The number of rotatable bonds is 9. The molecule has 3 aromatic heterocycles. The number of ether oxygens (including phenoxy) is 1. The number of carbonyl (C=O) groups is 1. The fraction of sp³-hybridized carbons (Fsp3) is 0.304. The Morgan fingerprint density at radius 1 is 1.22 bits per heavy atom. The summed E-state index contributed by atoms with van der Waals surface area (Å²) < 4.78 is 12.8. The van der Waals surface area contributed by atoms with E-state index in [9.17, 15) is 4.79 Å². The average molecular weight is 450 g/mol. The molecule has 1 aliphatic rings. The minimum atomic E-state index is -0.152. The predicted molar refractivity (Wildman–Crippen MR) is 120 cm³/mol. The van der Waals surface area contributed by atoms with Gasteiger partial charge in [-0.25, -0.2) is 4.68 Å². The standard InChI is InChI=1S/C23H23N5O3S/c1-30-12-11-27(15-21-24-25-22(31-21)20-8-5-13-32-20)23(29)19-14-18(16-9-10-16)26-28(19)17-6-3-2-4-7-17/h2-8,13-14,16H,9-12,15H2,1H3. The second-order valence-corrected chi connectivity index (χ2v) is 8.62. The highest BCUT2D eigenvalue weighted by atomic mass is 32.1. The number of carbonyl (C=O) groups excluding carboxylic acids is 1. The number of hydrogen-bond acceptors (Lipinski definition) is 7. The van der Waals surface area contributed by atoms with Gasteiger partial charge in [0.15, 0.2) is 0 Å². The Bertz CT molecular complexity index is 1180. The van der Waals surface area contributed by atoms with Gasteiger partial charge in [-0.15, -0.1) is 21.5 Å². The molecule has 9 heteroatoms. The highest BCUT2D eigenvalue weighted by molar-refractivity contribution is 7.13. The lowest BCUT2D eigenvalue weighted by Crippen LogP contribution is -2.34. The van der Waals surface area contributed by atoms with Gasteiger partial charge in [-0.05, 0) is 42.5 Å². The molecule has 1 aromatic carbocycles. The summed E-state index contributed by atoms with van der Waals surface area (Å²) in [7, 11) is 1.61. The Morgan fingerprint density at radius 2 is 2.06 bits per heavy atom. The molecule has 1 amide bonds. The van der Waals surface area contributed by atoms with Crippen molar-refractivity contribution in [1.29, 1.82) is 0 Å². The second-order valence-electron chi connectivity index (χ2n) is 7.67. The lowest BCUT2D eigenvalue weighted by Gasteiger charge is -2.21. The van der Waals surface area contributed by atoms with Gasteiger partial charge in [0.2, 0.25) is 5.89 Å². The Morgan fingerprint density at radius 3 is 2.78 bits per heavy atom. The predicted octanol–water partition coefficient (Wildman–Crippen LogP) is 4.15. The van der Waals surface area contributed by atoms with E-state index in [-0.39, 0.29) is 12.5 Å². The first-order chi connectivity index (χ1) is 15.7. The number of methoxy groups -OCH3 is 1.